The third-order valence-electron chi connectivity index (χ3n) is 3.36. The minimum atomic E-state index is -0.245. The Morgan fingerprint density at radius 3 is 2.75 bits per heavy atom. The highest BCUT2D eigenvalue weighted by Gasteiger charge is 2.30. The van der Waals surface area contributed by atoms with Crippen LogP contribution in [0.1, 0.15) is 37.0 Å². The lowest BCUT2D eigenvalue weighted by Gasteiger charge is -2.35. The van der Waals surface area contributed by atoms with Crippen LogP contribution in [0.25, 0.3) is 0 Å². The van der Waals surface area contributed by atoms with Crippen molar-refractivity contribution in [2.45, 2.75) is 38.8 Å². The Morgan fingerprint density at radius 2 is 2.10 bits per heavy atom. The molecule has 20 heavy (non-hydrogen) atoms. The standard InChI is InChI=1S/C15H20N2O3/c1-3-20-14-8-13(9-14)17-15(19)16-12-6-4-5-11(7-12)10(2)18/h4-7,13-14H,3,8-9H2,1-2H3,(H2,16,17,19). The van der Waals surface area contributed by atoms with Crippen molar-refractivity contribution in [2.24, 2.45) is 0 Å². The monoisotopic (exact) mass is 276 g/mol. The van der Waals surface area contributed by atoms with Gasteiger partial charge in [-0.3, -0.25) is 4.79 Å². The predicted octanol–water partition coefficient (Wildman–Crippen LogP) is 2.58. The third kappa shape index (κ3) is 3.81. The fraction of sp³-hybridized carbons (Fsp3) is 0.467. The van der Waals surface area contributed by atoms with Crippen LogP contribution in [0.15, 0.2) is 24.3 Å². The first-order chi connectivity index (χ1) is 9.58. The quantitative estimate of drug-likeness (QED) is 0.812. The van der Waals surface area contributed by atoms with Crippen molar-refractivity contribution in [3.05, 3.63) is 29.8 Å². The summed E-state index contributed by atoms with van der Waals surface area (Å²) < 4.78 is 5.44. The summed E-state index contributed by atoms with van der Waals surface area (Å²) >= 11 is 0. The molecule has 1 aromatic rings. The molecular weight excluding hydrogens is 256 g/mol. The minimum absolute atomic E-state index is 0.0207. The van der Waals surface area contributed by atoms with Gasteiger partial charge in [-0.05, 0) is 38.8 Å². The summed E-state index contributed by atoms with van der Waals surface area (Å²) in [5, 5.41) is 5.63. The smallest absolute Gasteiger partial charge is 0.319 e. The van der Waals surface area contributed by atoms with Gasteiger partial charge in [0.1, 0.15) is 0 Å². The number of benzene rings is 1. The second kappa shape index (κ2) is 6.52. The normalized spacial score (nSPS) is 20.9. The van der Waals surface area contributed by atoms with Crippen LogP contribution in [0, 0.1) is 0 Å². The molecule has 0 unspecified atom stereocenters. The molecule has 0 radical (unpaired) electrons. The number of Topliss-reactive ketones (excluding diaryl/α,β-unsaturated/α-hetero) is 1. The van der Waals surface area contributed by atoms with Crippen LogP contribution >= 0.6 is 0 Å². The summed E-state index contributed by atoms with van der Waals surface area (Å²) in [6.07, 6.45) is 1.98. The van der Waals surface area contributed by atoms with Gasteiger partial charge in [-0.2, -0.15) is 0 Å². The molecule has 0 atom stereocenters. The number of urea groups is 1. The lowest BCUT2D eigenvalue weighted by Crippen LogP contribution is -2.49. The van der Waals surface area contributed by atoms with Gasteiger partial charge in [0.05, 0.1) is 6.10 Å². The maximum atomic E-state index is 11.8. The van der Waals surface area contributed by atoms with Crippen molar-refractivity contribution in [1.29, 1.82) is 0 Å². The number of ether oxygens (including phenoxy) is 1. The van der Waals surface area contributed by atoms with E-state index in [1.54, 1.807) is 24.3 Å². The van der Waals surface area contributed by atoms with Crippen molar-refractivity contribution in [1.82, 2.24) is 5.32 Å². The molecule has 0 bridgehead atoms. The van der Waals surface area contributed by atoms with Crippen LogP contribution in [0.4, 0.5) is 10.5 Å². The van der Waals surface area contributed by atoms with Crippen LogP contribution in [-0.4, -0.2) is 30.6 Å². The van der Waals surface area contributed by atoms with E-state index in [1.165, 1.54) is 6.92 Å². The Morgan fingerprint density at radius 1 is 1.35 bits per heavy atom. The van der Waals surface area contributed by atoms with Gasteiger partial charge in [-0.25, -0.2) is 4.79 Å². The first-order valence-corrected chi connectivity index (χ1v) is 6.88. The zero-order valence-electron chi connectivity index (χ0n) is 11.8. The summed E-state index contributed by atoms with van der Waals surface area (Å²) in [6, 6.07) is 6.83. The predicted molar refractivity (Wildman–Crippen MR) is 77.0 cm³/mol. The van der Waals surface area contributed by atoms with Crippen LogP contribution in [-0.2, 0) is 4.74 Å². The van der Waals surface area contributed by atoms with Gasteiger partial charge in [-0.15, -0.1) is 0 Å². The fourth-order valence-corrected chi connectivity index (χ4v) is 2.22. The van der Waals surface area contributed by atoms with E-state index in [9.17, 15) is 9.59 Å². The van der Waals surface area contributed by atoms with E-state index in [0.29, 0.717) is 17.9 Å². The number of carbonyl (C=O) groups is 2. The molecule has 0 aliphatic heterocycles. The molecular formula is C15H20N2O3. The van der Waals surface area contributed by atoms with Crippen molar-refractivity contribution in [3.63, 3.8) is 0 Å². The highest BCUT2D eigenvalue weighted by Crippen LogP contribution is 2.23. The van der Waals surface area contributed by atoms with E-state index in [1.807, 2.05) is 6.92 Å². The van der Waals surface area contributed by atoms with Gasteiger partial charge >= 0.3 is 6.03 Å². The zero-order valence-corrected chi connectivity index (χ0v) is 11.8. The Labute approximate surface area is 118 Å². The van der Waals surface area contributed by atoms with Crippen LogP contribution in [0.5, 0.6) is 0 Å². The SMILES string of the molecule is CCOC1CC(NC(=O)Nc2cccc(C(C)=O)c2)C1. The molecule has 1 aliphatic carbocycles. The molecule has 1 fully saturated rings. The highest BCUT2D eigenvalue weighted by molar-refractivity contribution is 5.96. The van der Waals surface area contributed by atoms with Crippen molar-refractivity contribution in [3.8, 4) is 0 Å². The molecule has 0 aromatic heterocycles. The molecule has 2 N–H and O–H groups in total. The molecule has 2 rings (SSSR count). The van der Waals surface area contributed by atoms with Gasteiger partial charge in [0.15, 0.2) is 5.78 Å². The average Bonchev–Trinajstić information content (AvgIpc) is 2.36. The van der Waals surface area contributed by atoms with Gasteiger partial charge in [-0.1, -0.05) is 12.1 Å². The second-order valence-corrected chi connectivity index (χ2v) is 4.98. The summed E-state index contributed by atoms with van der Waals surface area (Å²) in [4.78, 5) is 23.1. The Balaban J connectivity index is 1.80. The number of rotatable bonds is 5. The van der Waals surface area contributed by atoms with E-state index in [4.69, 9.17) is 4.74 Å². The van der Waals surface area contributed by atoms with E-state index < -0.39 is 0 Å². The first kappa shape index (κ1) is 14.5. The molecule has 5 heteroatoms. The van der Waals surface area contributed by atoms with Crippen molar-refractivity contribution >= 4 is 17.5 Å². The topological polar surface area (TPSA) is 67.4 Å². The maximum Gasteiger partial charge on any atom is 0.319 e. The molecule has 2 amide bonds. The van der Waals surface area contributed by atoms with Crippen molar-refractivity contribution in [2.75, 3.05) is 11.9 Å². The Bertz CT molecular complexity index is 496. The maximum absolute atomic E-state index is 11.8. The molecule has 1 aliphatic rings. The van der Waals surface area contributed by atoms with E-state index in [0.717, 1.165) is 12.8 Å². The molecule has 1 saturated carbocycles. The lowest BCUT2D eigenvalue weighted by atomic mass is 9.89. The molecule has 0 spiro atoms. The molecule has 0 heterocycles. The summed E-state index contributed by atoms with van der Waals surface area (Å²) in [6.45, 7) is 4.18. The number of hydrogen-bond acceptors (Lipinski definition) is 3. The third-order valence-corrected chi connectivity index (χ3v) is 3.36. The van der Waals surface area contributed by atoms with Crippen molar-refractivity contribution < 1.29 is 14.3 Å². The van der Waals surface area contributed by atoms with E-state index in [2.05, 4.69) is 10.6 Å². The van der Waals surface area contributed by atoms with Gasteiger partial charge in [0, 0.05) is 23.9 Å². The molecule has 0 saturated heterocycles. The number of hydrogen-bond donors (Lipinski definition) is 2. The molecule has 108 valence electrons. The lowest BCUT2D eigenvalue weighted by molar-refractivity contribution is -0.00673. The number of carbonyl (C=O) groups excluding carboxylic acids is 2. The van der Waals surface area contributed by atoms with Gasteiger partial charge < -0.3 is 15.4 Å². The van der Waals surface area contributed by atoms with Gasteiger partial charge in [0.2, 0.25) is 0 Å². The highest BCUT2D eigenvalue weighted by atomic mass is 16.5. The molecule has 1 aromatic carbocycles. The number of anilines is 1. The summed E-state index contributed by atoms with van der Waals surface area (Å²) in [5.41, 5.74) is 1.21. The summed E-state index contributed by atoms with van der Waals surface area (Å²) in [5.74, 6) is -0.0207. The minimum Gasteiger partial charge on any atom is -0.378 e. The second-order valence-electron chi connectivity index (χ2n) is 4.98. The largest absolute Gasteiger partial charge is 0.378 e. The number of amides is 2. The zero-order chi connectivity index (χ0) is 14.5. The first-order valence-electron chi connectivity index (χ1n) is 6.88. The Kier molecular flexibility index (Phi) is 4.74. The van der Waals surface area contributed by atoms with E-state index >= 15 is 0 Å². The fourth-order valence-electron chi connectivity index (χ4n) is 2.22. The van der Waals surface area contributed by atoms with Crippen LogP contribution < -0.4 is 10.6 Å². The number of ketones is 1. The number of nitrogens with one attached hydrogen (secondary N) is 2. The summed E-state index contributed by atoms with van der Waals surface area (Å²) in [7, 11) is 0. The van der Waals surface area contributed by atoms with E-state index in [-0.39, 0.29) is 24.0 Å². The van der Waals surface area contributed by atoms with Gasteiger partial charge in [0.25, 0.3) is 0 Å². The van der Waals surface area contributed by atoms with Crippen LogP contribution in [0.3, 0.4) is 0 Å². The van der Waals surface area contributed by atoms with Crippen LogP contribution in [0.2, 0.25) is 0 Å². The average molecular weight is 276 g/mol. The Hall–Kier alpha value is -1.88. The molecule has 5 nitrogen and oxygen atoms in total.